The normalized spacial score (nSPS) is 11.4. The van der Waals surface area contributed by atoms with Crippen LogP contribution in [0.1, 0.15) is 5.56 Å². The van der Waals surface area contributed by atoms with Crippen molar-refractivity contribution in [1.82, 2.24) is 4.98 Å². The number of nitrogens with two attached hydrogens (primary N) is 1. The molecular weight excluding hydrogens is 549 g/mol. The van der Waals surface area contributed by atoms with Crippen LogP contribution in [0.15, 0.2) is 90.0 Å². The Kier molecular flexibility index (Phi) is 8.11. The molecule has 4 rings (SSSR count). The lowest BCUT2D eigenvalue weighted by Crippen LogP contribution is -2.19. The van der Waals surface area contributed by atoms with E-state index in [1.54, 1.807) is 48.7 Å². The molecule has 0 aliphatic rings. The summed E-state index contributed by atoms with van der Waals surface area (Å²) in [5.74, 6) is 0.0627. The number of urea groups is 1. The van der Waals surface area contributed by atoms with Gasteiger partial charge in [0.15, 0.2) is 0 Å². The van der Waals surface area contributed by atoms with Gasteiger partial charge in [-0.05, 0) is 79.2 Å². The van der Waals surface area contributed by atoms with Crippen LogP contribution in [0, 0.1) is 6.92 Å². The van der Waals surface area contributed by atoms with Gasteiger partial charge in [-0.15, -0.1) is 13.2 Å². The Morgan fingerprint density at radius 3 is 2.20 bits per heavy atom. The van der Waals surface area contributed by atoms with Crippen LogP contribution in [-0.2, 0) is 10.0 Å². The molecule has 0 aliphatic heterocycles. The summed E-state index contributed by atoms with van der Waals surface area (Å²) >= 11 is 0. The van der Waals surface area contributed by atoms with Crippen LogP contribution in [0.5, 0.6) is 5.75 Å². The van der Waals surface area contributed by atoms with Gasteiger partial charge in [0.1, 0.15) is 11.6 Å². The Balaban J connectivity index is 1.37. The lowest BCUT2D eigenvalue weighted by molar-refractivity contribution is -0.274. The van der Waals surface area contributed by atoms with Gasteiger partial charge < -0.3 is 26.0 Å². The third kappa shape index (κ3) is 8.09. The summed E-state index contributed by atoms with van der Waals surface area (Å²) in [6.07, 6.45) is -3.22. The van der Waals surface area contributed by atoms with Crippen molar-refractivity contribution in [3.05, 3.63) is 90.6 Å². The molecular formula is C26H23F3N6O4S. The van der Waals surface area contributed by atoms with Gasteiger partial charge in [-0.1, -0.05) is 6.07 Å². The third-order valence-electron chi connectivity index (χ3n) is 5.30. The summed E-state index contributed by atoms with van der Waals surface area (Å²) < 4.78 is 63.9. The van der Waals surface area contributed by atoms with Crippen LogP contribution < -0.4 is 31.1 Å². The van der Waals surface area contributed by atoms with Crippen LogP contribution in [0.2, 0.25) is 0 Å². The van der Waals surface area contributed by atoms with Gasteiger partial charge in [0.2, 0.25) is 10.0 Å². The van der Waals surface area contributed by atoms with E-state index < -0.39 is 28.2 Å². The molecule has 14 heteroatoms. The van der Waals surface area contributed by atoms with E-state index in [4.69, 9.17) is 5.14 Å². The first-order chi connectivity index (χ1) is 18.8. The topological polar surface area (TPSA) is 147 Å². The largest absolute Gasteiger partial charge is 0.573 e. The second-order valence-corrected chi connectivity index (χ2v) is 10.00. The van der Waals surface area contributed by atoms with Crippen LogP contribution in [0.4, 0.5) is 52.2 Å². The van der Waals surface area contributed by atoms with E-state index in [-0.39, 0.29) is 10.6 Å². The van der Waals surface area contributed by atoms with Crippen molar-refractivity contribution in [1.29, 1.82) is 0 Å². The van der Waals surface area contributed by atoms with Gasteiger partial charge in [-0.25, -0.2) is 23.3 Å². The Hall–Kier alpha value is -4.82. The molecule has 10 nitrogen and oxygen atoms in total. The number of ether oxygens (including phenoxy) is 1. The smallest absolute Gasteiger partial charge is 0.406 e. The number of rotatable bonds is 8. The number of halogens is 3. The minimum Gasteiger partial charge on any atom is -0.406 e. The number of aromatic nitrogens is 1. The average Bonchev–Trinajstić information content (AvgIpc) is 2.86. The molecule has 0 atom stereocenters. The zero-order chi connectivity index (χ0) is 28.9. The fourth-order valence-electron chi connectivity index (χ4n) is 3.55. The van der Waals surface area contributed by atoms with E-state index in [2.05, 4.69) is 31.0 Å². The fourth-order valence-corrected chi connectivity index (χ4v) is 4.11. The highest BCUT2D eigenvalue weighted by molar-refractivity contribution is 7.89. The Morgan fingerprint density at radius 2 is 1.52 bits per heavy atom. The highest BCUT2D eigenvalue weighted by Gasteiger charge is 2.31. The first kappa shape index (κ1) is 28.2. The number of nitrogens with zero attached hydrogens (tertiary/aromatic N) is 1. The first-order valence-corrected chi connectivity index (χ1v) is 13.1. The number of alkyl halides is 3. The van der Waals surface area contributed by atoms with Crippen molar-refractivity contribution in [2.45, 2.75) is 18.2 Å². The summed E-state index contributed by atoms with van der Waals surface area (Å²) in [6.45, 7) is 1.84. The Bertz CT molecular complexity index is 1630. The van der Waals surface area contributed by atoms with E-state index in [0.29, 0.717) is 22.9 Å². The maximum Gasteiger partial charge on any atom is 0.573 e. The predicted octanol–water partition coefficient (Wildman–Crippen LogP) is 6.07. The molecule has 2 amide bonds. The number of carbonyl (C=O) groups is 1. The van der Waals surface area contributed by atoms with Crippen molar-refractivity contribution >= 4 is 50.3 Å². The van der Waals surface area contributed by atoms with Crippen molar-refractivity contribution in [2.75, 3.05) is 21.3 Å². The van der Waals surface area contributed by atoms with Gasteiger partial charge in [-0.3, -0.25) is 0 Å². The third-order valence-corrected chi connectivity index (χ3v) is 6.21. The van der Waals surface area contributed by atoms with Gasteiger partial charge >= 0.3 is 12.4 Å². The molecule has 6 N–H and O–H groups in total. The molecule has 3 aromatic carbocycles. The van der Waals surface area contributed by atoms with E-state index in [0.717, 1.165) is 23.4 Å². The molecule has 1 aromatic heterocycles. The van der Waals surface area contributed by atoms with Crippen LogP contribution in [0.3, 0.4) is 0 Å². The summed E-state index contributed by atoms with van der Waals surface area (Å²) in [5, 5.41) is 16.7. The number of pyridine rings is 1. The quantitative estimate of drug-likeness (QED) is 0.172. The van der Waals surface area contributed by atoms with Gasteiger partial charge in [-0.2, -0.15) is 0 Å². The zero-order valence-corrected chi connectivity index (χ0v) is 21.6. The van der Waals surface area contributed by atoms with Crippen molar-refractivity contribution in [3.8, 4) is 5.75 Å². The van der Waals surface area contributed by atoms with E-state index in [1.165, 1.54) is 24.3 Å². The number of carbonyl (C=O) groups excluding carboxylic acids is 1. The lowest BCUT2D eigenvalue weighted by atomic mass is 10.1. The van der Waals surface area contributed by atoms with Gasteiger partial charge in [0.05, 0.1) is 4.90 Å². The van der Waals surface area contributed by atoms with E-state index in [1.807, 2.05) is 6.92 Å². The molecule has 0 fully saturated rings. The number of anilines is 6. The highest BCUT2D eigenvalue weighted by atomic mass is 32.2. The number of sulfonamides is 1. The standard InChI is InChI=1S/C26H23F3N6O4S/c1-16-13-19(35-25(36)34-17-5-8-21(9-6-17)39-26(27,28)29)7-10-23(16)32-20-11-12-31-24(15-20)33-18-3-2-4-22(14-18)40(30,37)38/h2-15H,1H3,(H2,30,37,38)(H2,31,32,33)(H2,34,35,36). The molecule has 208 valence electrons. The maximum atomic E-state index is 12.3. The number of nitrogens with one attached hydrogen (secondary N) is 4. The van der Waals surface area contributed by atoms with E-state index in [9.17, 15) is 26.4 Å². The van der Waals surface area contributed by atoms with Crippen LogP contribution in [0.25, 0.3) is 0 Å². The monoisotopic (exact) mass is 572 g/mol. The molecule has 0 bridgehead atoms. The van der Waals surface area contributed by atoms with Crippen molar-refractivity contribution in [3.63, 3.8) is 0 Å². The molecule has 0 unspecified atom stereocenters. The summed E-state index contributed by atoms with van der Waals surface area (Å²) in [7, 11) is -3.85. The van der Waals surface area contributed by atoms with Gasteiger partial charge in [0, 0.05) is 40.7 Å². The van der Waals surface area contributed by atoms with Crippen LogP contribution in [-0.4, -0.2) is 25.8 Å². The number of hydrogen-bond donors (Lipinski definition) is 5. The van der Waals surface area contributed by atoms with Crippen molar-refractivity contribution in [2.24, 2.45) is 5.14 Å². The minimum absolute atomic E-state index is 0.0294. The van der Waals surface area contributed by atoms with Crippen molar-refractivity contribution < 1.29 is 31.1 Å². The van der Waals surface area contributed by atoms with Crippen LogP contribution >= 0.6 is 0 Å². The molecule has 0 radical (unpaired) electrons. The van der Waals surface area contributed by atoms with E-state index >= 15 is 0 Å². The molecule has 40 heavy (non-hydrogen) atoms. The number of amides is 2. The minimum atomic E-state index is -4.80. The average molecular weight is 573 g/mol. The molecule has 0 saturated carbocycles. The molecule has 0 spiro atoms. The first-order valence-electron chi connectivity index (χ1n) is 11.5. The van der Waals surface area contributed by atoms with Gasteiger partial charge in [0.25, 0.3) is 0 Å². The second-order valence-electron chi connectivity index (χ2n) is 8.43. The fraction of sp³-hybridized carbons (Fsp3) is 0.0769. The summed E-state index contributed by atoms with van der Waals surface area (Å²) in [5.41, 5.74) is 3.51. The number of primary sulfonamides is 1. The second kappa shape index (κ2) is 11.5. The molecule has 0 saturated heterocycles. The zero-order valence-electron chi connectivity index (χ0n) is 20.8. The molecule has 4 aromatic rings. The number of aryl methyl sites for hydroxylation is 1. The predicted molar refractivity (Wildman–Crippen MR) is 146 cm³/mol. The molecule has 0 aliphatic carbocycles. The SMILES string of the molecule is Cc1cc(NC(=O)Nc2ccc(OC(F)(F)F)cc2)ccc1Nc1ccnc(Nc2cccc(S(N)(=O)=O)c2)c1. The summed E-state index contributed by atoms with van der Waals surface area (Å²) in [6, 6.07) is 18.9. The molecule has 1 heterocycles. The maximum absolute atomic E-state index is 12.3. The Labute approximate surface area is 227 Å². The number of hydrogen-bond acceptors (Lipinski definition) is 7. The number of benzene rings is 3. The highest BCUT2D eigenvalue weighted by Crippen LogP contribution is 2.27. The lowest BCUT2D eigenvalue weighted by Gasteiger charge is -2.14. The Morgan fingerprint density at radius 1 is 0.850 bits per heavy atom. The summed E-state index contributed by atoms with van der Waals surface area (Å²) in [4.78, 5) is 16.6.